The summed E-state index contributed by atoms with van der Waals surface area (Å²) in [5.41, 5.74) is 3.77. The number of sulfonamides is 1. The summed E-state index contributed by atoms with van der Waals surface area (Å²) in [6, 6.07) is 12.5. The first-order valence-corrected chi connectivity index (χ1v) is 16.7. The molecule has 1 amide bonds. The maximum atomic E-state index is 13.7. The highest BCUT2D eigenvalue weighted by Crippen LogP contribution is 2.34. The number of likely N-dealkylation sites (tertiary alicyclic amines) is 1. The fourth-order valence-electron chi connectivity index (χ4n) is 6.09. The van der Waals surface area contributed by atoms with Crippen molar-refractivity contribution in [1.82, 2.24) is 24.0 Å². The number of carbonyl (C=O) groups excluding carboxylic acids is 1. The van der Waals surface area contributed by atoms with Crippen LogP contribution in [0.5, 0.6) is 5.75 Å². The van der Waals surface area contributed by atoms with Crippen LogP contribution in [0.25, 0.3) is 5.57 Å². The van der Waals surface area contributed by atoms with Crippen LogP contribution in [0.15, 0.2) is 73.1 Å². The summed E-state index contributed by atoms with van der Waals surface area (Å²) in [4.78, 5) is 19.9. The molecule has 2 aliphatic heterocycles. The molecule has 10 nitrogen and oxygen atoms in total. The van der Waals surface area contributed by atoms with Crippen molar-refractivity contribution in [3.8, 4) is 5.75 Å². The highest BCUT2D eigenvalue weighted by molar-refractivity contribution is 7.88. The molecule has 5 rings (SSSR count). The zero-order chi connectivity index (χ0) is 31.3. The maximum absolute atomic E-state index is 13.7. The van der Waals surface area contributed by atoms with Gasteiger partial charge in [0.2, 0.25) is 10.0 Å². The second-order valence-electron chi connectivity index (χ2n) is 11.2. The van der Waals surface area contributed by atoms with E-state index in [0.29, 0.717) is 36.5 Å². The minimum absolute atomic E-state index is 0.131. The molecule has 1 aromatic carbocycles. The quantitative estimate of drug-likeness (QED) is 0.285. The largest absolute Gasteiger partial charge is 0.486 e. The standard InChI is InChI=1S/C33H41N5O5S/c1-5-7-13-25(6-2)32-27(20-35-36(32)3)33(39)37-21-30(42-4)31(22-37)43-26-14-10-12-24(19-26)23-44(40,41)38-18-11-16-29(38)28-15-8-9-17-34-28/h5,7-10,12-15,17,19-20,29-31H,6,11,16,18,21-23H2,1-4H3/b7-5-,25-13+. The van der Waals surface area contributed by atoms with Gasteiger partial charge in [-0.15, -0.1) is 0 Å². The van der Waals surface area contributed by atoms with Crippen molar-refractivity contribution in [2.24, 2.45) is 7.05 Å². The second kappa shape index (κ2) is 13.9. The Labute approximate surface area is 260 Å². The number of allylic oxidation sites excluding steroid dienone is 4. The molecule has 2 fully saturated rings. The Morgan fingerprint density at radius 1 is 1.14 bits per heavy atom. The SMILES string of the molecule is C/C=C\C=C(/CC)c1c(C(=O)N2CC(OC)C(Oc3cccc(CS(=O)(=O)N4CCCC4c4ccccn4)c3)C2)cnn1C. The fraction of sp³-hybridized carbons (Fsp3) is 0.424. The Morgan fingerprint density at radius 3 is 2.68 bits per heavy atom. The van der Waals surface area contributed by atoms with E-state index in [4.69, 9.17) is 9.47 Å². The van der Waals surface area contributed by atoms with Crippen LogP contribution in [0, 0.1) is 0 Å². The zero-order valence-corrected chi connectivity index (χ0v) is 26.6. The molecular weight excluding hydrogens is 578 g/mol. The predicted molar refractivity (Wildman–Crippen MR) is 169 cm³/mol. The average Bonchev–Trinajstić information content (AvgIpc) is 3.77. The number of nitrogens with zero attached hydrogens (tertiary/aromatic N) is 5. The summed E-state index contributed by atoms with van der Waals surface area (Å²) < 4.78 is 42.5. The highest BCUT2D eigenvalue weighted by Gasteiger charge is 2.39. The van der Waals surface area contributed by atoms with Crippen molar-refractivity contribution in [1.29, 1.82) is 0 Å². The van der Waals surface area contributed by atoms with E-state index in [1.165, 1.54) is 0 Å². The van der Waals surface area contributed by atoms with E-state index >= 15 is 0 Å². The molecule has 3 atom stereocenters. The first-order chi connectivity index (χ1) is 21.2. The molecule has 3 aromatic rings. The van der Waals surface area contributed by atoms with E-state index in [-0.39, 0.29) is 23.8 Å². The van der Waals surface area contributed by atoms with Crippen molar-refractivity contribution in [3.63, 3.8) is 0 Å². The molecule has 2 aliphatic rings. The average molecular weight is 620 g/mol. The van der Waals surface area contributed by atoms with Crippen LogP contribution in [0.4, 0.5) is 0 Å². The van der Waals surface area contributed by atoms with Gasteiger partial charge >= 0.3 is 0 Å². The number of hydrogen-bond acceptors (Lipinski definition) is 7. The normalized spacial score (nSPS) is 21.4. The van der Waals surface area contributed by atoms with Crippen LogP contribution >= 0.6 is 0 Å². The minimum atomic E-state index is -3.59. The molecule has 0 aliphatic carbocycles. The number of hydrogen-bond donors (Lipinski definition) is 0. The molecule has 0 radical (unpaired) electrons. The van der Waals surface area contributed by atoms with Crippen LogP contribution in [0.2, 0.25) is 0 Å². The summed E-state index contributed by atoms with van der Waals surface area (Å²) in [6.45, 7) is 5.18. The Bertz CT molecular complexity index is 1620. The maximum Gasteiger partial charge on any atom is 0.257 e. The van der Waals surface area contributed by atoms with E-state index in [1.807, 2.05) is 50.4 Å². The molecular formula is C33H41N5O5S. The van der Waals surface area contributed by atoms with Gasteiger partial charge in [-0.25, -0.2) is 8.42 Å². The summed E-state index contributed by atoms with van der Waals surface area (Å²) in [6.07, 6.45) is 10.8. The van der Waals surface area contributed by atoms with Gasteiger partial charge in [-0.05, 0) is 61.6 Å². The van der Waals surface area contributed by atoms with Crippen molar-refractivity contribution in [3.05, 3.63) is 95.6 Å². The minimum Gasteiger partial charge on any atom is -0.486 e. The second-order valence-corrected chi connectivity index (χ2v) is 13.1. The molecule has 2 saturated heterocycles. The molecule has 0 saturated carbocycles. The van der Waals surface area contributed by atoms with Crippen LogP contribution in [0.3, 0.4) is 0 Å². The van der Waals surface area contributed by atoms with Crippen molar-refractivity contribution in [2.45, 2.75) is 57.1 Å². The van der Waals surface area contributed by atoms with Gasteiger partial charge in [0.15, 0.2) is 0 Å². The van der Waals surface area contributed by atoms with Crippen LogP contribution in [0.1, 0.15) is 66.5 Å². The van der Waals surface area contributed by atoms with Gasteiger partial charge < -0.3 is 14.4 Å². The number of carbonyl (C=O) groups is 1. The van der Waals surface area contributed by atoms with Crippen molar-refractivity contribution < 1.29 is 22.7 Å². The molecule has 3 unspecified atom stereocenters. The molecule has 0 bridgehead atoms. The predicted octanol–water partition coefficient (Wildman–Crippen LogP) is 4.77. The summed E-state index contributed by atoms with van der Waals surface area (Å²) in [5, 5.41) is 4.39. The molecule has 2 aromatic heterocycles. The van der Waals surface area contributed by atoms with Crippen molar-refractivity contribution in [2.75, 3.05) is 26.7 Å². The van der Waals surface area contributed by atoms with Gasteiger partial charge in [0.1, 0.15) is 18.0 Å². The lowest BCUT2D eigenvalue weighted by atomic mass is 10.0. The number of pyridine rings is 1. The molecule has 4 heterocycles. The summed E-state index contributed by atoms with van der Waals surface area (Å²) >= 11 is 0. The number of methoxy groups -OCH3 is 1. The Kier molecular flexibility index (Phi) is 9.97. The first-order valence-electron chi connectivity index (χ1n) is 15.1. The number of aromatic nitrogens is 3. The molecule has 44 heavy (non-hydrogen) atoms. The number of amides is 1. The van der Waals surface area contributed by atoms with Gasteiger partial charge in [-0.3, -0.25) is 14.5 Å². The Hall–Kier alpha value is -3.80. The lowest BCUT2D eigenvalue weighted by Crippen LogP contribution is -2.32. The topological polar surface area (TPSA) is 107 Å². The van der Waals surface area contributed by atoms with Gasteiger partial charge in [0.25, 0.3) is 5.91 Å². The smallest absolute Gasteiger partial charge is 0.257 e. The van der Waals surface area contributed by atoms with Crippen molar-refractivity contribution >= 4 is 21.5 Å². The van der Waals surface area contributed by atoms with E-state index in [1.54, 1.807) is 57.7 Å². The van der Waals surface area contributed by atoms with E-state index in [9.17, 15) is 13.2 Å². The van der Waals surface area contributed by atoms with Gasteiger partial charge in [-0.2, -0.15) is 9.40 Å². The Morgan fingerprint density at radius 2 is 1.95 bits per heavy atom. The third kappa shape index (κ3) is 6.80. The van der Waals surface area contributed by atoms with E-state index in [0.717, 1.165) is 36.2 Å². The van der Waals surface area contributed by atoms with Gasteiger partial charge in [-0.1, -0.05) is 43.4 Å². The number of aryl methyl sites for hydroxylation is 1. The number of rotatable bonds is 11. The Balaban J connectivity index is 1.29. The number of ether oxygens (including phenoxy) is 2. The van der Waals surface area contributed by atoms with Crippen LogP contribution < -0.4 is 4.74 Å². The summed E-state index contributed by atoms with van der Waals surface area (Å²) in [7, 11) is -0.145. The molecule has 11 heteroatoms. The molecule has 234 valence electrons. The summed E-state index contributed by atoms with van der Waals surface area (Å²) in [5.74, 6) is 0.265. The molecule has 0 N–H and O–H groups in total. The fourth-order valence-corrected chi connectivity index (χ4v) is 7.86. The van der Waals surface area contributed by atoms with Gasteiger partial charge in [0.05, 0.1) is 48.0 Å². The van der Waals surface area contributed by atoms with E-state index < -0.39 is 16.1 Å². The third-order valence-corrected chi connectivity index (χ3v) is 10.1. The zero-order valence-electron chi connectivity index (χ0n) is 25.8. The first kappa shape index (κ1) is 31.6. The number of benzene rings is 1. The highest BCUT2D eigenvalue weighted by atomic mass is 32.2. The molecule has 0 spiro atoms. The lowest BCUT2D eigenvalue weighted by Gasteiger charge is -2.24. The van der Waals surface area contributed by atoms with E-state index in [2.05, 4.69) is 17.0 Å². The lowest BCUT2D eigenvalue weighted by molar-refractivity contribution is 0.0339. The monoisotopic (exact) mass is 619 g/mol. The third-order valence-electron chi connectivity index (χ3n) is 8.27. The van der Waals surface area contributed by atoms with Gasteiger partial charge in [0, 0.05) is 26.9 Å². The van der Waals surface area contributed by atoms with Crippen LogP contribution in [-0.2, 0) is 27.6 Å². The van der Waals surface area contributed by atoms with Crippen LogP contribution in [-0.4, -0.2) is 77.2 Å².